The first-order chi connectivity index (χ1) is 12.5. The average Bonchev–Trinajstić information content (AvgIpc) is 2.61. The Bertz CT molecular complexity index is 797. The van der Waals surface area contributed by atoms with E-state index in [9.17, 15) is 14.0 Å². The van der Waals surface area contributed by atoms with Crippen molar-refractivity contribution in [3.63, 3.8) is 0 Å². The Kier molecular flexibility index (Phi) is 5.35. The number of nitrogens with one attached hydrogen (secondary N) is 1. The number of halogens is 1. The first-order valence-corrected chi connectivity index (χ1v) is 8.77. The minimum atomic E-state index is -0.600. The SMILES string of the molecule is COC(=O)c1ccc(CCNC(=O)C2(c3cccc(F)c3)CCC2)cc1. The van der Waals surface area contributed by atoms with Crippen molar-refractivity contribution in [3.05, 3.63) is 71.0 Å². The maximum absolute atomic E-state index is 13.5. The number of esters is 1. The van der Waals surface area contributed by atoms with Crippen LogP contribution in [0.15, 0.2) is 48.5 Å². The average molecular weight is 355 g/mol. The number of carbonyl (C=O) groups excluding carboxylic acids is 2. The smallest absolute Gasteiger partial charge is 0.337 e. The van der Waals surface area contributed by atoms with Gasteiger partial charge in [0.2, 0.25) is 5.91 Å². The molecule has 0 radical (unpaired) electrons. The van der Waals surface area contributed by atoms with Gasteiger partial charge in [-0.05, 0) is 54.7 Å². The molecule has 0 heterocycles. The van der Waals surface area contributed by atoms with Crippen LogP contribution in [0.3, 0.4) is 0 Å². The molecule has 1 fully saturated rings. The second-order valence-electron chi connectivity index (χ2n) is 6.64. The Labute approximate surface area is 152 Å². The van der Waals surface area contributed by atoms with Crippen LogP contribution in [0.1, 0.15) is 40.7 Å². The van der Waals surface area contributed by atoms with E-state index in [1.165, 1.54) is 19.2 Å². The number of hydrogen-bond acceptors (Lipinski definition) is 3. The van der Waals surface area contributed by atoms with Crippen molar-refractivity contribution >= 4 is 11.9 Å². The van der Waals surface area contributed by atoms with Crippen LogP contribution in [0.5, 0.6) is 0 Å². The zero-order chi connectivity index (χ0) is 18.6. The molecular weight excluding hydrogens is 333 g/mol. The minimum absolute atomic E-state index is 0.0412. The summed E-state index contributed by atoms with van der Waals surface area (Å²) in [7, 11) is 1.35. The summed E-state index contributed by atoms with van der Waals surface area (Å²) in [4.78, 5) is 24.2. The third-order valence-electron chi connectivity index (χ3n) is 5.09. The predicted molar refractivity (Wildman–Crippen MR) is 96.4 cm³/mol. The quantitative estimate of drug-likeness (QED) is 0.808. The first-order valence-electron chi connectivity index (χ1n) is 8.77. The van der Waals surface area contributed by atoms with E-state index < -0.39 is 5.41 Å². The third-order valence-corrected chi connectivity index (χ3v) is 5.09. The lowest BCUT2D eigenvalue weighted by Gasteiger charge is -2.40. The van der Waals surface area contributed by atoms with Crippen molar-refractivity contribution in [3.8, 4) is 0 Å². The van der Waals surface area contributed by atoms with Crippen LogP contribution >= 0.6 is 0 Å². The molecule has 0 aliphatic heterocycles. The Balaban J connectivity index is 1.59. The molecule has 0 atom stereocenters. The standard InChI is InChI=1S/C21H22FNO3/c1-26-19(24)16-8-6-15(7-9-16)10-13-23-20(25)21(11-3-12-21)17-4-2-5-18(22)14-17/h2,4-9,14H,3,10-13H2,1H3,(H,23,25). The highest BCUT2D eigenvalue weighted by molar-refractivity contribution is 5.89. The van der Waals surface area contributed by atoms with E-state index in [4.69, 9.17) is 0 Å². The number of methoxy groups -OCH3 is 1. The fourth-order valence-electron chi connectivity index (χ4n) is 3.38. The summed E-state index contributed by atoms with van der Waals surface area (Å²) in [5.74, 6) is -0.723. The summed E-state index contributed by atoms with van der Waals surface area (Å²) in [5, 5.41) is 2.99. The van der Waals surface area contributed by atoms with Gasteiger partial charge < -0.3 is 10.1 Å². The highest BCUT2D eigenvalue weighted by Crippen LogP contribution is 2.44. The molecule has 2 aromatic carbocycles. The van der Waals surface area contributed by atoms with Gasteiger partial charge >= 0.3 is 5.97 Å². The molecule has 0 saturated heterocycles. The minimum Gasteiger partial charge on any atom is -0.465 e. The van der Waals surface area contributed by atoms with E-state index in [1.807, 2.05) is 18.2 Å². The van der Waals surface area contributed by atoms with Crippen molar-refractivity contribution in [1.82, 2.24) is 5.32 Å². The molecular formula is C21H22FNO3. The van der Waals surface area contributed by atoms with Gasteiger partial charge in [-0.1, -0.05) is 30.7 Å². The molecule has 26 heavy (non-hydrogen) atoms. The maximum atomic E-state index is 13.5. The summed E-state index contributed by atoms with van der Waals surface area (Å²) in [5.41, 5.74) is 1.67. The molecule has 3 rings (SSSR count). The van der Waals surface area contributed by atoms with E-state index in [-0.39, 0.29) is 17.7 Å². The van der Waals surface area contributed by atoms with Crippen LogP contribution in [0, 0.1) is 5.82 Å². The van der Waals surface area contributed by atoms with E-state index in [2.05, 4.69) is 10.1 Å². The molecule has 0 aromatic heterocycles. The molecule has 1 saturated carbocycles. The number of ether oxygens (including phenoxy) is 1. The highest BCUT2D eigenvalue weighted by atomic mass is 19.1. The Morgan fingerprint density at radius 1 is 1.15 bits per heavy atom. The molecule has 4 nitrogen and oxygen atoms in total. The highest BCUT2D eigenvalue weighted by Gasteiger charge is 2.45. The van der Waals surface area contributed by atoms with Crippen molar-refractivity contribution in [2.24, 2.45) is 0 Å². The number of carbonyl (C=O) groups is 2. The summed E-state index contributed by atoms with van der Waals surface area (Å²) < 4.78 is 18.2. The Hall–Kier alpha value is -2.69. The van der Waals surface area contributed by atoms with Gasteiger partial charge in [0.25, 0.3) is 0 Å². The van der Waals surface area contributed by atoms with Gasteiger partial charge in [0, 0.05) is 6.54 Å². The van der Waals surface area contributed by atoms with E-state index in [1.54, 1.807) is 18.2 Å². The molecule has 0 bridgehead atoms. The molecule has 2 aromatic rings. The van der Waals surface area contributed by atoms with Crippen LogP contribution in [0.4, 0.5) is 4.39 Å². The second kappa shape index (κ2) is 7.68. The molecule has 0 unspecified atom stereocenters. The molecule has 1 N–H and O–H groups in total. The van der Waals surface area contributed by atoms with Gasteiger partial charge in [0.1, 0.15) is 5.82 Å². The van der Waals surface area contributed by atoms with Crippen LogP contribution in [0.2, 0.25) is 0 Å². The molecule has 136 valence electrons. The van der Waals surface area contributed by atoms with Crippen LogP contribution < -0.4 is 5.32 Å². The van der Waals surface area contributed by atoms with E-state index in [0.717, 1.165) is 30.4 Å². The summed E-state index contributed by atoms with van der Waals surface area (Å²) in [6, 6.07) is 13.5. The van der Waals surface area contributed by atoms with E-state index >= 15 is 0 Å². The first kappa shape index (κ1) is 18.1. The van der Waals surface area contributed by atoms with Crippen molar-refractivity contribution in [1.29, 1.82) is 0 Å². The largest absolute Gasteiger partial charge is 0.465 e. The van der Waals surface area contributed by atoms with Crippen molar-refractivity contribution in [2.45, 2.75) is 31.1 Å². The second-order valence-corrected chi connectivity index (χ2v) is 6.64. The molecule has 5 heteroatoms. The zero-order valence-corrected chi connectivity index (χ0v) is 14.8. The summed E-state index contributed by atoms with van der Waals surface area (Å²) in [6.45, 7) is 0.494. The molecule has 1 amide bonds. The lowest BCUT2D eigenvalue weighted by Crippen LogP contribution is -2.49. The summed E-state index contributed by atoms with van der Waals surface area (Å²) in [6.07, 6.45) is 3.12. The number of benzene rings is 2. The maximum Gasteiger partial charge on any atom is 0.337 e. The molecule has 0 spiro atoms. The van der Waals surface area contributed by atoms with Gasteiger partial charge in [0.15, 0.2) is 0 Å². The number of rotatable bonds is 6. The fraction of sp³-hybridized carbons (Fsp3) is 0.333. The monoisotopic (exact) mass is 355 g/mol. The lowest BCUT2D eigenvalue weighted by molar-refractivity contribution is -0.129. The van der Waals surface area contributed by atoms with Crippen LogP contribution in [0.25, 0.3) is 0 Å². The van der Waals surface area contributed by atoms with Gasteiger partial charge in [-0.2, -0.15) is 0 Å². The third kappa shape index (κ3) is 3.62. The van der Waals surface area contributed by atoms with Gasteiger partial charge in [-0.25, -0.2) is 9.18 Å². The lowest BCUT2D eigenvalue weighted by atomic mass is 9.64. The van der Waals surface area contributed by atoms with Gasteiger partial charge in [0.05, 0.1) is 18.1 Å². The van der Waals surface area contributed by atoms with Crippen molar-refractivity contribution in [2.75, 3.05) is 13.7 Å². The summed E-state index contributed by atoms with van der Waals surface area (Å²) >= 11 is 0. The fourth-order valence-corrected chi connectivity index (χ4v) is 3.38. The molecule has 1 aliphatic rings. The van der Waals surface area contributed by atoms with E-state index in [0.29, 0.717) is 18.5 Å². The zero-order valence-electron chi connectivity index (χ0n) is 14.8. The number of amides is 1. The topological polar surface area (TPSA) is 55.4 Å². The normalized spacial score (nSPS) is 15.0. The number of hydrogen-bond donors (Lipinski definition) is 1. The molecule has 1 aliphatic carbocycles. The Morgan fingerprint density at radius 2 is 1.88 bits per heavy atom. The van der Waals surface area contributed by atoms with Crippen molar-refractivity contribution < 1.29 is 18.7 Å². The Morgan fingerprint density at radius 3 is 2.46 bits per heavy atom. The van der Waals surface area contributed by atoms with Gasteiger partial charge in [-0.15, -0.1) is 0 Å². The van der Waals surface area contributed by atoms with Crippen LogP contribution in [-0.2, 0) is 21.4 Å². The predicted octanol–water partition coefficient (Wildman–Crippen LogP) is 3.39. The van der Waals surface area contributed by atoms with Crippen LogP contribution in [-0.4, -0.2) is 25.5 Å². The van der Waals surface area contributed by atoms with Gasteiger partial charge in [-0.3, -0.25) is 4.79 Å².